The Morgan fingerprint density at radius 2 is 1.95 bits per heavy atom. The Hall–Kier alpha value is -3.22. The topological polar surface area (TPSA) is 124 Å². The van der Waals surface area contributed by atoms with Gasteiger partial charge >= 0.3 is 0 Å². The average Bonchev–Trinajstić information content (AvgIpc) is 2.93. The zero-order valence-electron chi connectivity index (χ0n) is 24.2. The van der Waals surface area contributed by atoms with Crippen LogP contribution in [0.1, 0.15) is 53.7 Å². The van der Waals surface area contributed by atoms with Crippen LogP contribution in [0.4, 0.5) is 14.5 Å². The Bertz CT molecular complexity index is 1560. The number of nitrogens with zero attached hydrogens (tertiary/aromatic N) is 2. The number of amides is 1. The van der Waals surface area contributed by atoms with Crippen LogP contribution in [0.3, 0.4) is 0 Å². The number of pyridine rings is 2. The number of hydrogen-bond donors (Lipinski definition) is 2. The van der Waals surface area contributed by atoms with Crippen LogP contribution in [-0.2, 0) is 14.6 Å². The van der Waals surface area contributed by atoms with Gasteiger partial charge in [0.05, 0.1) is 30.3 Å². The minimum absolute atomic E-state index is 0.00701. The number of benzene rings is 1. The van der Waals surface area contributed by atoms with E-state index in [-0.39, 0.29) is 53.3 Å². The van der Waals surface area contributed by atoms with E-state index in [4.69, 9.17) is 10.5 Å². The lowest BCUT2D eigenvalue weighted by Crippen LogP contribution is -2.47. The molecule has 4 rings (SSSR count). The lowest BCUT2D eigenvalue weighted by atomic mass is 9.69. The van der Waals surface area contributed by atoms with Crippen LogP contribution in [0.5, 0.6) is 0 Å². The van der Waals surface area contributed by atoms with Crippen molar-refractivity contribution in [1.82, 2.24) is 9.97 Å². The Morgan fingerprint density at radius 3 is 2.64 bits per heavy atom. The molecule has 1 aromatic carbocycles. The molecule has 3 N–H and O–H groups in total. The summed E-state index contributed by atoms with van der Waals surface area (Å²) in [4.78, 5) is 21.8. The molecule has 1 radical (unpaired) electrons. The number of nitrogens with one attached hydrogen (secondary N) is 1. The second kappa shape index (κ2) is 13.4. The minimum atomic E-state index is -3.15. The summed E-state index contributed by atoms with van der Waals surface area (Å²) in [5.74, 6) is -1.95. The Balaban J connectivity index is 1.56. The van der Waals surface area contributed by atoms with E-state index in [1.165, 1.54) is 18.4 Å². The molecule has 1 amide bonds. The molecular formula is C30H36BF2N4O4S. The maximum atomic E-state index is 15.0. The van der Waals surface area contributed by atoms with Gasteiger partial charge in [-0.05, 0) is 67.0 Å². The van der Waals surface area contributed by atoms with E-state index in [0.29, 0.717) is 23.1 Å². The molecule has 1 aliphatic rings. The number of carbonyl (C=O) groups is 1. The van der Waals surface area contributed by atoms with E-state index < -0.39 is 27.4 Å². The summed E-state index contributed by atoms with van der Waals surface area (Å²) in [5, 5.41) is 2.86. The summed E-state index contributed by atoms with van der Waals surface area (Å²) in [7, 11) is -1.48. The molecule has 0 bridgehead atoms. The molecule has 8 nitrogen and oxygen atoms in total. The molecule has 12 heteroatoms. The van der Waals surface area contributed by atoms with Crippen LogP contribution >= 0.6 is 0 Å². The highest BCUT2D eigenvalue weighted by Gasteiger charge is 2.37. The molecular weight excluding hydrogens is 561 g/mol. The molecule has 1 aliphatic carbocycles. The van der Waals surface area contributed by atoms with Crippen molar-refractivity contribution in [2.45, 2.75) is 58.0 Å². The van der Waals surface area contributed by atoms with Crippen molar-refractivity contribution in [2.75, 3.05) is 23.9 Å². The molecule has 2 aromatic heterocycles. The SMILES string of the molecule is C[B]c1cc(C)cc(F)c1-c1nc(C(=O)Nc2cnccc2[C@H]2C[C@@H](CC)[C@@H](OCCS(C)(=O)=O)[C@@H](N)C2)ccc1F. The molecule has 223 valence electrons. The number of halogens is 2. The largest absolute Gasteiger partial charge is 0.375 e. The quantitative estimate of drug-likeness (QED) is 0.339. The zero-order chi connectivity index (χ0) is 30.6. The van der Waals surface area contributed by atoms with Crippen molar-refractivity contribution < 1.29 is 26.7 Å². The molecule has 0 aliphatic heterocycles. The Kier molecular flexibility index (Phi) is 10.1. The Labute approximate surface area is 246 Å². The van der Waals surface area contributed by atoms with Crippen molar-refractivity contribution in [3.63, 3.8) is 0 Å². The van der Waals surface area contributed by atoms with Crippen LogP contribution in [0.25, 0.3) is 11.3 Å². The standard InChI is InChI=1S/C30H36BF2N4O4S/c1-5-18-14-19(15-24(34)29(18)41-10-11-42(4,39)40)20-8-9-35-16-26(20)37-30(38)25-7-6-22(32)28(36-25)27-21(31-3)12-17(2)13-23(27)33/h6-9,12-13,16,18-19,24,29H,5,10-11,14-15,34H2,1-4H3,(H,37,38)/t18-,19+,24+,29-/m1/s1. The van der Waals surface area contributed by atoms with E-state index in [2.05, 4.69) is 15.3 Å². The first kappa shape index (κ1) is 31.7. The fraction of sp³-hybridized carbons (Fsp3) is 0.433. The molecule has 0 spiro atoms. The van der Waals surface area contributed by atoms with E-state index in [0.717, 1.165) is 24.5 Å². The first-order chi connectivity index (χ1) is 19.9. The second-order valence-corrected chi connectivity index (χ2v) is 13.2. The third-order valence-electron chi connectivity index (χ3n) is 7.75. The van der Waals surface area contributed by atoms with Crippen LogP contribution in [0, 0.1) is 24.5 Å². The number of nitrogens with two attached hydrogens (primary N) is 1. The van der Waals surface area contributed by atoms with Gasteiger partial charge in [-0.1, -0.05) is 31.7 Å². The molecule has 3 aromatic rings. The molecule has 2 heterocycles. The van der Waals surface area contributed by atoms with E-state index >= 15 is 0 Å². The smallest absolute Gasteiger partial charge is 0.274 e. The fourth-order valence-electron chi connectivity index (χ4n) is 5.70. The summed E-state index contributed by atoms with van der Waals surface area (Å²) < 4.78 is 58.9. The highest BCUT2D eigenvalue weighted by Crippen LogP contribution is 2.41. The number of anilines is 1. The van der Waals surface area contributed by atoms with Gasteiger partial charge in [-0.15, -0.1) is 0 Å². The van der Waals surface area contributed by atoms with Crippen molar-refractivity contribution >= 4 is 34.2 Å². The van der Waals surface area contributed by atoms with Gasteiger partial charge in [0, 0.05) is 24.1 Å². The summed E-state index contributed by atoms with van der Waals surface area (Å²) in [6.07, 6.45) is 6.16. The van der Waals surface area contributed by atoms with E-state index in [1.807, 2.05) is 13.0 Å². The third-order valence-corrected chi connectivity index (χ3v) is 8.66. The van der Waals surface area contributed by atoms with Gasteiger partial charge in [0.25, 0.3) is 5.91 Å². The van der Waals surface area contributed by atoms with E-state index in [9.17, 15) is 22.0 Å². The molecule has 1 saturated carbocycles. The molecule has 42 heavy (non-hydrogen) atoms. The summed E-state index contributed by atoms with van der Waals surface area (Å²) in [5.41, 5.74) is 8.69. The van der Waals surface area contributed by atoms with Crippen molar-refractivity contribution in [1.29, 1.82) is 0 Å². The predicted molar refractivity (Wildman–Crippen MR) is 161 cm³/mol. The monoisotopic (exact) mass is 597 g/mol. The van der Waals surface area contributed by atoms with Gasteiger partial charge in [0.1, 0.15) is 40.1 Å². The van der Waals surface area contributed by atoms with Crippen molar-refractivity contribution in [3.05, 3.63) is 71.2 Å². The van der Waals surface area contributed by atoms with Gasteiger partial charge in [0.15, 0.2) is 0 Å². The summed E-state index contributed by atoms with van der Waals surface area (Å²) in [6.45, 7) is 5.59. The fourth-order valence-corrected chi connectivity index (χ4v) is 6.10. The van der Waals surface area contributed by atoms with Gasteiger partial charge < -0.3 is 15.8 Å². The molecule has 0 saturated heterocycles. The molecule has 1 fully saturated rings. The number of ether oxygens (including phenoxy) is 1. The minimum Gasteiger partial charge on any atom is -0.375 e. The second-order valence-electron chi connectivity index (χ2n) is 10.9. The Morgan fingerprint density at radius 1 is 1.19 bits per heavy atom. The highest BCUT2D eigenvalue weighted by atomic mass is 32.2. The van der Waals surface area contributed by atoms with Gasteiger partial charge in [0.2, 0.25) is 0 Å². The number of aryl methyl sites for hydroxylation is 1. The summed E-state index contributed by atoms with van der Waals surface area (Å²) in [6, 6.07) is 6.90. The first-order valence-corrected chi connectivity index (χ1v) is 16.0. The van der Waals surface area contributed by atoms with Gasteiger partial charge in [-0.3, -0.25) is 9.78 Å². The number of sulfone groups is 1. The van der Waals surface area contributed by atoms with Gasteiger partial charge in [-0.25, -0.2) is 22.2 Å². The lowest BCUT2D eigenvalue weighted by molar-refractivity contribution is -0.0224. The molecule has 4 atom stereocenters. The third kappa shape index (κ3) is 7.40. The highest BCUT2D eigenvalue weighted by molar-refractivity contribution is 7.90. The van der Waals surface area contributed by atoms with Crippen LogP contribution in [0.2, 0.25) is 6.82 Å². The average molecular weight is 598 g/mol. The number of hydrogen-bond acceptors (Lipinski definition) is 7. The predicted octanol–water partition coefficient (Wildman–Crippen LogP) is 4.02. The molecule has 0 unspecified atom stereocenters. The lowest BCUT2D eigenvalue weighted by Gasteiger charge is -2.40. The number of carbonyl (C=O) groups excluding carboxylic acids is 1. The normalized spacial score (nSPS) is 20.7. The van der Waals surface area contributed by atoms with Crippen LogP contribution < -0.4 is 16.5 Å². The van der Waals surface area contributed by atoms with E-state index in [1.54, 1.807) is 39.5 Å². The maximum Gasteiger partial charge on any atom is 0.274 e. The van der Waals surface area contributed by atoms with Crippen molar-refractivity contribution in [2.24, 2.45) is 11.7 Å². The number of rotatable bonds is 10. The van der Waals surface area contributed by atoms with Crippen molar-refractivity contribution in [3.8, 4) is 11.3 Å². The zero-order valence-corrected chi connectivity index (χ0v) is 25.0. The van der Waals surface area contributed by atoms with Crippen LogP contribution in [-0.4, -0.2) is 62.3 Å². The van der Waals surface area contributed by atoms with Crippen LogP contribution in [0.15, 0.2) is 42.7 Å². The summed E-state index contributed by atoms with van der Waals surface area (Å²) >= 11 is 0. The first-order valence-electron chi connectivity index (χ1n) is 14.0. The van der Waals surface area contributed by atoms with Gasteiger partial charge in [-0.2, -0.15) is 0 Å². The maximum absolute atomic E-state index is 15.0. The number of aromatic nitrogens is 2.